The Bertz CT molecular complexity index is 2840. The predicted molar refractivity (Wildman–Crippen MR) is 183 cm³/mol. The summed E-state index contributed by atoms with van der Waals surface area (Å²) in [6, 6.07) is 36.7. The van der Waals surface area contributed by atoms with E-state index < -0.39 is 12.1 Å². The molecule has 0 aliphatic heterocycles. The van der Waals surface area contributed by atoms with E-state index in [0.29, 0.717) is 5.56 Å². The molecule has 0 saturated heterocycles. The summed E-state index contributed by atoms with van der Waals surface area (Å²) in [6.07, 6.45) is 0. The lowest BCUT2D eigenvalue weighted by Crippen LogP contribution is -1.91. The Morgan fingerprint density at radius 2 is 1.00 bits per heavy atom. The molecule has 1 heteroatoms. The first-order valence-electron chi connectivity index (χ1n) is 17.7. The van der Waals surface area contributed by atoms with Gasteiger partial charge in [0.2, 0.25) is 0 Å². The zero-order valence-corrected chi connectivity index (χ0v) is 22.9. The first-order valence-corrected chi connectivity index (χ1v) is 14.2. The fourth-order valence-corrected chi connectivity index (χ4v) is 6.42. The van der Waals surface area contributed by atoms with Gasteiger partial charge in [-0.2, -0.15) is 0 Å². The summed E-state index contributed by atoms with van der Waals surface area (Å²) < 4.78 is 67.0. The molecule has 0 atom stereocenters. The maximum absolute atomic E-state index is 9.22. The van der Waals surface area contributed by atoms with Crippen molar-refractivity contribution in [1.82, 2.24) is 0 Å². The molecule has 0 aliphatic rings. The highest BCUT2D eigenvalue weighted by Gasteiger charge is 2.20. The smallest absolute Gasteiger partial charge is 0.143 e. The van der Waals surface area contributed by atoms with Crippen molar-refractivity contribution in [3.05, 3.63) is 158 Å². The summed E-state index contributed by atoms with van der Waals surface area (Å²) in [5.41, 5.74) is 5.27. The first-order chi connectivity index (χ1) is 24.2. The Kier molecular flexibility index (Phi) is 3.95. The van der Waals surface area contributed by atoms with Gasteiger partial charge in [-0.25, -0.2) is 0 Å². The molecule has 1 heterocycles. The van der Waals surface area contributed by atoms with E-state index in [1.807, 2.05) is 66.7 Å². The molecule has 0 N–H and O–H groups in total. The lowest BCUT2D eigenvalue weighted by Gasteiger charge is -2.18. The highest BCUT2D eigenvalue weighted by molar-refractivity contribution is 6.24. The molecule has 8 aromatic carbocycles. The van der Waals surface area contributed by atoms with Crippen molar-refractivity contribution in [3.8, 4) is 33.4 Å². The van der Waals surface area contributed by atoms with Gasteiger partial charge in [0.25, 0.3) is 0 Å². The second-order valence-electron chi connectivity index (χ2n) is 10.7. The van der Waals surface area contributed by atoms with Crippen molar-refractivity contribution in [2.75, 3.05) is 0 Å². The Morgan fingerprint density at radius 3 is 1.72 bits per heavy atom. The van der Waals surface area contributed by atoms with Gasteiger partial charge in [-0.15, -0.1) is 0 Å². The van der Waals surface area contributed by atoms with E-state index in [1.165, 1.54) is 0 Å². The van der Waals surface area contributed by atoms with Gasteiger partial charge in [0.05, 0.1) is 9.60 Å². The molecule has 0 saturated carbocycles. The maximum Gasteiger partial charge on any atom is 0.143 e. The number of hydrogen-bond donors (Lipinski definition) is 0. The van der Waals surface area contributed by atoms with Gasteiger partial charge in [-0.1, -0.05) is 139 Å². The first kappa shape index (κ1) is 18.0. The van der Waals surface area contributed by atoms with Crippen LogP contribution in [0.25, 0.3) is 87.6 Å². The van der Waals surface area contributed by atoms with Crippen LogP contribution < -0.4 is 0 Å². The van der Waals surface area contributed by atoms with Crippen LogP contribution in [0.2, 0.25) is 0 Å². The van der Waals surface area contributed by atoms with Gasteiger partial charge in [0.1, 0.15) is 11.2 Å². The molecular formula is C42H26O. The minimum absolute atomic E-state index is 0.0440. The van der Waals surface area contributed by atoms with E-state index in [9.17, 15) is 1.37 Å². The zero-order chi connectivity index (χ0) is 34.4. The molecule has 1 nitrogen and oxygen atoms in total. The summed E-state index contributed by atoms with van der Waals surface area (Å²) in [4.78, 5) is 0. The number of fused-ring (bicyclic) bond motifs is 6. The molecule has 0 bridgehead atoms. The van der Waals surface area contributed by atoms with Crippen molar-refractivity contribution < 1.29 is 14.0 Å². The molecule has 0 spiro atoms. The monoisotopic (exact) mass is 553 g/mol. The summed E-state index contributed by atoms with van der Waals surface area (Å²) in [5.74, 6) is 0. The Morgan fingerprint density at radius 1 is 0.419 bits per heavy atom. The molecule has 9 aromatic rings. The maximum atomic E-state index is 9.22. The minimum atomic E-state index is -0.446. The van der Waals surface area contributed by atoms with Crippen molar-refractivity contribution >= 4 is 54.3 Å². The lowest BCUT2D eigenvalue weighted by molar-refractivity contribution is 0.670. The quantitative estimate of drug-likeness (QED) is 0.198. The van der Waals surface area contributed by atoms with Crippen LogP contribution in [0.15, 0.2) is 162 Å². The fraction of sp³-hybridized carbons (Fsp3) is 0. The molecule has 0 radical (unpaired) electrons. The largest absolute Gasteiger partial charge is 0.455 e. The van der Waals surface area contributed by atoms with E-state index in [0.717, 1.165) is 54.6 Å². The van der Waals surface area contributed by atoms with Crippen molar-refractivity contribution in [2.45, 2.75) is 0 Å². The molecule has 9 rings (SSSR count). The van der Waals surface area contributed by atoms with Crippen molar-refractivity contribution in [1.29, 1.82) is 0 Å². The van der Waals surface area contributed by atoms with Gasteiger partial charge in [0.15, 0.2) is 0 Å². The molecule has 0 unspecified atom stereocenters. The third kappa shape index (κ3) is 3.72. The molecule has 1 aromatic heterocycles. The van der Waals surface area contributed by atoms with Gasteiger partial charge < -0.3 is 4.42 Å². The van der Waals surface area contributed by atoms with E-state index in [2.05, 4.69) is 48.5 Å². The molecule has 0 fully saturated rings. The van der Waals surface area contributed by atoms with Gasteiger partial charge in [-0.3, -0.25) is 0 Å². The molecule has 43 heavy (non-hydrogen) atoms. The summed E-state index contributed by atoms with van der Waals surface area (Å²) in [6.45, 7) is 0. The van der Waals surface area contributed by atoms with Crippen molar-refractivity contribution in [3.63, 3.8) is 0 Å². The van der Waals surface area contributed by atoms with Crippen molar-refractivity contribution in [2.24, 2.45) is 0 Å². The van der Waals surface area contributed by atoms with Crippen LogP contribution in [0.4, 0.5) is 0 Å². The van der Waals surface area contributed by atoms with Crippen LogP contribution in [0, 0.1) is 0 Å². The molecule has 0 amide bonds. The number of benzene rings is 8. The van der Waals surface area contributed by atoms with Gasteiger partial charge in [0, 0.05) is 21.9 Å². The predicted octanol–water partition coefficient (Wildman–Crippen LogP) is 12.0. The number of furan rings is 1. The zero-order valence-electron chi connectivity index (χ0n) is 29.9. The number of hydrogen-bond acceptors (Lipinski definition) is 1. The van der Waals surface area contributed by atoms with Gasteiger partial charge in [-0.05, 0) is 72.7 Å². The highest BCUT2D eigenvalue weighted by Crippen LogP contribution is 2.46. The van der Waals surface area contributed by atoms with E-state index in [-0.39, 0.29) is 57.7 Å². The molecular weight excluding hydrogens is 520 g/mol. The molecule has 0 aliphatic carbocycles. The highest BCUT2D eigenvalue weighted by atomic mass is 16.3. The minimum Gasteiger partial charge on any atom is -0.455 e. The number of para-hydroxylation sites is 2. The third-order valence-corrected chi connectivity index (χ3v) is 8.35. The number of rotatable bonds is 3. The van der Waals surface area contributed by atoms with Crippen LogP contribution in [-0.4, -0.2) is 0 Å². The second kappa shape index (κ2) is 9.44. The summed E-state index contributed by atoms with van der Waals surface area (Å²) in [5, 5.41) is 5.85. The Hall–Kier alpha value is -5.66. The summed E-state index contributed by atoms with van der Waals surface area (Å²) >= 11 is 0. The van der Waals surface area contributed by atoms with Crippen LogP contribution in [-0.2, 0) is 0 Å². The second-order valence-corrected chi connectivity index (χ2v) is 10.7. The Labute approximate surface area is 259 Å². The van der Waals surface area contributed by atoms with E-state index >= 15 is 0 Å². The Balaban J connectivity index is 1.37. The summed E-state index contributed by atoms with van der Waals surface area (Å²) in [7, 11) is 0. The third-order valence-electron chi connectivity index (χ3n) is 8.35. The lowest BCUT2D eigenvalue weighted by atomic mass is 9.85. The van der Waals surface area contributed by atoms with Gasteiger partial charge >= 0.3 is 0 Å². The molecule has 200 valence electrons. The van der Waals surface area contributed by atoms with Crippen LogP contribution in [0.3, 0.4) is 0 Å². The average Bonchev–Trinajstić information content (AvgIpc) is 3.56. The topological polar surface area (TPSA) is 13.1 Å². The van der Waals surface area contributed by atoms with Crippen LogP contribution >= 0.6 is 0 Å². The average molecular weight is 554 g/mol. The van der Waals surface area contributed by atoms with E-state index in [1.54, 1.807) is 0 Å². The SMILES string of the molecule is [2H]c1c([2H])c([2H])c2c(oc3c(-c4c5ccccc5c(-c5ccc6cc(-c7ccccc7)ccc6c5)c5ccccc45)c([2H])c([2H])c([2H])c32)c1[2H]. The van der Waals surface area contributed by atoms with Crippen LogP contribution in [0.1, 0.15) is 9.60 Å². The van der Waals surface area contributed by atoms with Crippen LogP contribution in [0.5, 0.6) is 0 Å². The standard InChI is InChI=1S/C42H26O/c1-2-11-27(12-3-1)28-21-22-30-26-31(24-23-29(30)25-28)40-33-14-4-6-16-35(33)41(36-17-7-5-15-34(36)40)38-19-10-18-37-32-13-8-9-20-39(32)43-42(37)38/h1-26H/i8D,9D,10D,13D,18D,19D,20D. The fourth-order valence-electron chi connectivity index (χ4n) is 6.42. The van der Waals surface area contributed by atoms with E-state index in [4.69, 9.17) is 12.6 Å². The normalized spacial score (nSPS) is 14.0.